The second-order valence-corrected chi connectivity index (χ2v) is 4.82. The molecule has 0 heterocycles. The maximum atomic E-state index is 2.39. The van der Waals surface area contributed by atoms with Crippen LogP contribution >= 0.6 is 0 Å². The Balaban J connectivity index is 1.91. The highest BCUT2D eigenvalue weighted by molar-refractivity contribution is 5.53. The fourth-order valence-electron chi connectivity index (χ4n) is 3.11. The lowest BCUT2D eigenvalue weighted by Gasteiger charge is -2.13. The van der Waals surface area contributed by atoms with Crippen molar-refractivity contribution in [2.45, 2.75) is 38.5 Å². The molecule has 3 rings (SSSR count). The van der Waals surface area contributed by atoms with Gasteiger partial charge in [-0.3, -0.25) is 0 Å². The molecule has 0 nitrogen and oxygen atoms in total. The Morgan fingerprint density at radius 2 is 1.87 bits per heavy atom. The van der Waals surface area contributed by atoms with Gasteiger partial charge in [0.15, 0.2) is 0 Å². The van der Waals surface area contributed by atoms with Gasteiger partial charge in [-0.25, -0.2) is 0 Å². The van der Waals surface area contributed by atoms with Gasteiger partial charge in [0, 0.05) is 0 Å². The Labute approximate surface area is 92.1 Å². The van der Waals surface area contributed by atoms with Gasteiger partial charge in [0.2, 0.25) is 0 Å². The van der Waals surface area contributed by atoms with Gasteiger partial charge < -0.3 is 0 Å². The van der Waals surface area contributed by atoms with E-state index in [0.29, 0.717) is 0 Å². The molecule has 0 atom stereocenters. The molecule has 0 heteroatoms. The van der Waals surface area contributed by atoms with Crippen LogP contribution in [0.3, 0.4) is 0 Å². The molecule has 0 unspecified atom stereocenters. The lowest BCUT2D eigenvalue weighted by Crippen LogP contribution is -1.98. The molecule has 15 heavy (non-hydrogen) atoms. The van der Waals surface area contributed by atoms with Crippen molar-refractivity contribution in [3.63, 3.8) is 0 Å². The highest BCUT2D eigenvalue weighted by Crippen LogP contribution is 2.39. The van der Waals surface area contributed by atoms with Crippen molar-refractivity contribution in [1.82, 2.24) is 0 Å². The van der Waals surface area contributed by atoms with Crippen molar-refractivity contribution in [2.75, 3.05) is 0 Å². The molecular formula is C15H18. The van der Waals surface area contributed by atoms with E-state index in [9.17, 15) is 0 Å². The Kier molecular flexibility index (Phi) is 2.36. The summed E-state index contributed by atoms with van der Waals surface area (Å²) in [5.41, 5.74) is 4.78. The smallest absolute Gasteiger partial charge is 0.00856 e. The molecule has 0 bridgehead atoms. The van der Waals surface area contributed by atoms with Crippen LogP contribution < -0.4 is 0 Å². The first-order valence-corrected chi connectivity index (χ1v) is 6.22. The molecule has 1 saturated carbocycles. The second kappa shape index (κ2) is 3.84. The van der Waals surface area contributed by atoms with Crippen LogP contribution in [0.15, 0.2) is 47.1 Å². The third-order valence-electron chi connectivity index (χ3n) is 3.88. The van der Waals surface area contributed by atoms with Crippen LogP contribution in [0.5, 0.6) is 0 Å². The number of hydrogen-bond donors (Lipinski definition) is 0. The minimum Gasteiger partial charge on any atom is -0.0801 e. The van der Waals surface area contributed by atoms with Crippen molar-refractivity contribution in [3.05, 3.63) is 47.1 Å². The number of rotatable bonds is 2. The molecule has 3 aliphatic rings. The minimum atomic E-state index is 0.869. The summed E-state index contributed by atoms with van der Waals surface area (Å²) in [5.74, 6) is 0.869. The first kappa shape index (κ1) is 9.21. The number of hydrogen-bond acceptors (Lipinski definition) is 0. The predicted octanol–water partition coefficient (Wildman–Crippen LogP) is 4.32. The maximum Gasteiger partial charge on any atom is -0.00856 e. The zero-order valence-electron chi connectivity index (χ0n) is 9.21. The van der Waals surface area contributed by atoms with Crippen LogP contribution in [0.2, 0.25) is 0 Å². The van der Waals surface area contributed by atoms with Crippen LogP contribution in [0, 0.1) is 5.92 Å². The van der Waals surface area contributed by atoms with Gasteiger partial charge in [-0.1, -0.05) is 43.2 Å². The molecule has 1 fully saturated rings. The van der Waals surface area contributed by atoms with Gasteiger partial charge in [0.1, 0.15) is 0 Å². The Bertz CT molecular complexity index is 371. The molecule has 0 amide bonds. The summed E-state index contributed by atoms with van der Waals surface area (Å²) in [5, 5.41) is 0. The summed E-state index contributed by atoms with van der Waals surface area (Å²) in [7, 11) is 0. The van der Waals surface area contributed by atoms with Gasteiger partial charge >= 0.3 is 0 Å². The topological polar surface area (TPSA) is 0 Å². The van der Waals surface area contributed by atoms with E-state index in [1.54, 1.807) is 11.1 Å². The molecule has 78 valence electrons. The molecule has 0 saturated heterocycles. The summed E-state index contributed by atoms with van der Waals surface area (Å²) >= 11 is 0. The first-order chi connectivity index (χ1) is 7.45. The van der Waals surface area contributed by atoms with Gasteiger partial charge in [-0.2, -0.15) is 0 Å². The summed E-state index contributed by atoms with van der Waals surface area (Å²) in [6.07, 6.45) is 19.7. The Morgan fingerprint density at radius 3 is 2.60 bits per heavy atom. The summed E-state index contributed by atoms with van der Waals surface area (Å²) < 4.78 is 0. The normalized spacial score (nSPS) is 25.7. The predicted molar refractivity (Wildman–Crippen MR) is 64.6 cm³/mol. The van der Waals surface area contributed by atoms with Crippen LogP contribution in [-0.4, -0.2) is 0 Å². The van der Waals surface area contributed by atoms with Crippen LogP contribution in [0.25, 0.3) is 0 Å². The quantitative estimate of drug-likeness (QED) is 0.620. The average Bonchev–Trinajstić information content (AvgIpc) is 3.01. The van der Waals surface area contributed by atoms with Crippen molar-refractivity contribution >= 4 is 0 Å². The number of allylic oxidation sites excluding steroid dienone is 8. The molecule has 3 aliphatic carbocycles. The lowest BCUT2D eigenvalue weighted by molar-refractivity contribution is 0.654. The molecule has 0 aromatic heterocycles. The van der Waals surface area contributed by atoms with Crippen LogP contribution in [0.4, 0.5) is 0 Å². The van der Waals surface area contributed by atoms with Crippen molar-refractivity contribution in [2.24, 2.45) is 5.92 Å². The Morgan fingerprint density at radius 1 is 1.00 bits per heavy atom. The fourth-order valence-corrected chi connectivity index (χ4v) is 3.11. The van der Waals surface area contributed by atoms with Gasteiger partial charge in [-0.15, -0.1) is 0 Å². The van der Waals surface area contributed by atoms with E-state index in [4.69, 9.17) is 0 Å². The average molecular weight is 198 g/mol. The molecule has 0 radical (unpaired) electrons. The Hall–Kier alpha value is -1.04. The maximum absolute atomic E-state index is 2.39. The SMILES string of the molecule is C1=CC(C2=C(C3CCCC3)C=CC2)=CC1. The monoisotopic (exact) mass is 198 g/mol. The zero-order valence-corrected chi connectivity index (χ0v) is 9.21. The van der Waals surface area contributed by atoms with E-state index in [1.165, 1.54) is 37.7 Å². The first-order valence-electron chi connectivity index (χ1n) is 6.22. The van der Waals surface area contributed by atoms with Crippen LogP contribution in [-0.2, 0) is 0 Å². The van der Waals surface area contributed by atoms with E-state index in [-0.39, 0.29) is 0 Å². The molecule has 0 aliphatic heterocycles. The minimum absolute atomic E-state index is 0.869. The standard InChI is InChI=1S/C15H18/c1-2-7-12(6-1)14-10-5-11-15(14)13-8-3-4-9-13/h1,5-7,11,13H,2-4,8-10H2. The second-order valence-electron chi connectivity index (χ2n) is 4.82. The summed E-state index contributed by atoms with van der Waals surface area (Å²) in [4.78, 5) is 0. The summed E-state index contributed by atoms with van der Waals surface area (Å²) in [6.45, 7) is 0. The van der Waals surface area contributed by atoms with Crippen molar-refractivity contribution in [1.29, 1.82) is 0 Å². The summed E-state index contributed by atoms with van der Waals surface area (Å²) in [6, 6.07) is 0. The zero-order chi connectivity index (χ0) is 10.1. The van der Waals surface area contributed by atoms with Crippen molar-refractivity contribution in [3.8, 4) is 0 Å². The third kappa shape index (κ3) is 1.62. The fraction of sp³-hybridized carbons (Fsp3) is 0.467. The highest BCUT2D eigenvalue weighted by atomic mass is 14.3. The van der Waals surface area contributed by atoms with Gasteiger partial charge in [0.25, 0.3) is 0 Å². The lowest BCUT2D eigenvalue weighted by atomic mass is 9.91. The van der Waals surface area contributed by atoms with E-state index < -0.39 is 0 Å². The largest absolute Gasteiger partial charge is 0.0801 e. The van der Waals surface area contributed by atoms with Gasteiger partial charge in [-0.05, 0) is 48.3 Å². The van der Waals surface area contributed by atoms with Crippen molar-refractivity contribution < 1.29 is 0 Å². The molecule has 0 aromatic carbocycles. The van der Waals surface area contributed by atoms with E-state index >= 15 is 0 Å². The molecule has 0 N–H and O–H groups in total. The highest BCUT2D eigenvalue weighted by Gasteiger charge is 2.23. The van der Waals surface area contributed by atoms with E-state index in [0.717, 1.165) is 12.3 Å². The van der Waals surface area contributed by atoms with Gasteiger partial charge in [0.05, 0.1) is 0 Å². The molecular weight excluding hydrogens is 180 g/mol. The molecule has 0 spiro atoms. The van der Waals surface area contributed by atoms with E-state index in [1.807, 2.05) is 0 Å². The third-order valence-corrected chi connectivity index (χ3v) is 3.88. The van der Waals surface area contributed by atoms with E-state index in [2.05, 4.69) is 30.4 Å². The molecule has 0 aromatic rings. The van der Waals surface area contributed by atoms with Crippen LogP contribution in [0.1, 0.15) is 38.5 Å².